The largest absolute Gasteiger partial charge is 0.330 e. The van der Waals surface area contributed by atoms with E-state index in [-0.39, 0.29) is 0 Å². The summed E-state index contributed by atoms with van der Waals surface area (Å²) in [7, 11) is 0. The summed E-state index contributed by atoms with van der Waals surface area (Å²) >= 11 is 0. The van der Waals surface area contributed by atoms with Crippen molar-refractivity contribution >= 4 is 5.65 Å². The van der Waals surface area contributed by atoms with Crippen molar-refractivity contribution in [2.24, 2.45) is 5.73 Å². The Hall–Kier alpha value is -1.42. The third kappa shape index (κ3) is 1.99. The van der Waals surface area contributed by atoms with Gasteiger partial charge in [-0.15, -0.1) is 0 Å². The summed E-state index contributed by atoms with van der Waals surface area (Å²) in [5.74, 6) is 0. The van der Waals surface area contributed by atoms with E-state index in [2.05, 4.69) is 16.3 Å². The first kappa shape index (κ1) is 10.1. The molecule has 0 spiro atoms. The minimum atomic E-state index is 0.718. The average Bonchev–Trinajstić information content (AvgIpc) is 2.53. The second kappa shape index (κ2) is 3.98. The lowest BCUT2D eigenvalue weighted by atomic mass is 10.1. The molecule has 0 aliphatic carbocycles. The Bertz CT molecular complexity index is 473. The Kier molecular flexibility index (Phi) is 2.68. The van der Waals surface area contributed by atoms with Gasteiger partial charge in [-0.05, 0) is 38.8 Å². The zero-order valence-electron chi connectivity index (χ0n) is 9.20. The van der Waals surface area contributed by atoms with Gasteiger partial charge in [-0.3, -0.25) is 0 Å². The Morgan fingerprint density at radius 2 is 2.20 bits per heavy atom. The van der Waals surface area contributed by atoms with Crippen LogP contribution in [-0.2, 0) is 6.42 Å². The van der Waals surface area contributed by atoms with Crippen LogP contribution >= 0.6 is 0 Å². The van der Waals surface area contributed by atoms with Crippen molar-refractivity contribution in [3.63, 3.8) is 0 Å². The molecule has 0 aromatic carbocycles. The van der Waals surface area contributed by atoms with Gasteiger partial charge in [0.1, 0.15) is 0 Å². The zero-order chi connectivity index (χ0) is 10.8. The maximum atomic E-state index is 5.50. The number of nitrogens with zero attached hydrogens (tertiary/aromatic N) is 3. The minimum absolute atomic E-state index is 0.718. The lowest BCUT2D eigenvalue weighted by molar-refractivity contribution is 0.799. The molecule has 0 saturated carbocycles. The fourth-order valence-electron chi connectivity index (χ4n) is 1.70. The van der Waals surface area contributed by atoms with E-state index >= 15 is 0 Å². The number of aromatic nitrogens is 3. The zero-order valence-corrected chi connectivity index (χ0v) is 9.20. The van der Waals surface area contributed by atoms with Crippen LogP contribution < -0.4 is 5.73 Å². The van der Waals surface area contributed by atoms with Crippen molar-refractivity contribution in [1.29, 1.82) is 0 Å². The lowest BCUT2D eigenvalue weighted by Gasteiger charge is -2.04. The van der Waals surface area contributed by atoms with Crippen LogP contribution in [0.4, 0.5) is 0 Å². The predicted molar refractivity (Wildman–Crippen MR) is 59.8 cm³/mol. The van der Waals surface area contributed by atoms with E-state index in [0.29, 0.717) is 0 Å². The third-order valence-electron chi connectivity index (χ3n) is 2.51. The van der Waals surface area contributed by atoms with Gasteiger partial charge < -0.3 is 5.73 Å². The quantitative estimate of drug-likeness (QED) is 0.818. The number of aryl methyl sites for hydroxylation is 3. The molecule has 80 valence electrons. The fraction of sp³-hybridized carbons (Fsp3) is 0.455. The van der Waals surface area contributed by atoms with Crippen LogP contribution in [-0.4, -0.2) is 21.1 Å². The Labute approximate surface area is 89.1 Å². The third-order valence-corrected chi connectivity index (χ3v) is 2.51. The predicted octanol–water partition coefficient (Wildman–Crippen LogP) is 1.24. The molecule has 4 heteroatoms. The van der Waals surface area contributed by atoms with Crippen molar-refractivity contribution in [3.05, 3.63) is 29.2 Å². The van der Waals surface area contributed by atoms with Gasteiger partial charge in [-0.1, -0.05) is 0 Å². The molecule has 2 rings (SSSR count). The molecule has 4 nitrogen and oxygen atoms in total. The summed E-state index contributed by atoms with van der Waals surface area (Å²) < 4.78 is 1.84. The first-order valence-corrected chi connectivity index (χ1v) is 5.23. The van der Waals surface area contributed by atoms with Crippen molar-refractivity contribution < 1.29 is 0 Å². The van der Waals surface area contributed by atoms with Crippen LogP contribution in [0.5, 0.6) is 0 Å². The molecule has 2 aromatic heterocycles. The van der Waals surface area contributed by atoms with Crippen molar-refractivity contribution in [3.8, 4) is 0 Å². The smallest absolute Gasteiger partial charge is 0.155 e. The topological polar surface area (TPSA) is 56.2 Å². The summed E-state index contributed by atoms with van der Waals surface area (Å²) in [6, 6.07) is 1.99. The monoisotopic (exact) mass is 204 g/mol. The summed E-state index contributed by atoms with van der Waals surface area (Å²) in [5, 5.41) is 4.35. The highest BCUT2D eigenvalue weighted by Gasteiger charge is 2.04. The molecule has 0 bridgehead atoms. The van der Waals surface area contributed by atoms with Crippen molar-refractivity contribution in [2.75, 3.05) is 6.54 Å². The van der Waals surface area contributed by atoms with Crippen molar-refractivity contribution in [1.82, 2.24) is 14.6 Å². The van der Waals surface area contributed by atoms with E-state index in [0.717, 1.165) is 36.4 Å². The second-order valence-corrected chi connectivity index (χ2v) is 3.83. The maximum Gasteiger partial charge on any atom is 0.155 e. The molecular formula is C11H16N4. The van der Waals surface area contributed by atoms with E-state index in [4.69, 9.17) is 5.73 Å². The number of hydrogen-bond acceptors (Lipinski definition) is 3. The molecule has 2 N–H and O–H groups in total. The first-order chi connectivity index (χ1) is 7.20. The molecule has 0 unspecified atom stereocenters. The van der Waals surface area contributed by atoms with Crippen LogP contribution in [0.3, 0.4) is 0 Å². The van der Waals surface area contributed by atoms with Crippen LogP contribution in [0.25, 0.3) is 5.65 Å². The summed E-state index contributed by atoms with van der Waals surface area (Å²) in [6.45, 7) is 4.73. The highest BCUT2D eigenvalue weighted by Crippen LogP contribution is 2.11. The van der Waals surface area contributed by atoms with Gasteiger partial charge in [0.25, 0.3) is 0 Å². The van der Waals surface area contributed by atoms with Gasteiger partial charge in [0, 0.05) is 18.0 Å². The number of fused-ring (bicyclic) bond motifs is 1. The molecule has 0 atom stereocenters. The summed E-state index contributed by atoms with van der Waals surface area (Å²) in [5.41, 5.74) is 9.73. The Morgan fingerprint density at radius 3 is 2.93 bits per heavy atom. The SMILES string of the molecule is Cc1cc2nc(C)c(CCCN)cn2n1. The van der Waals surface area contributed by atoms with Crippen LogP contribution in [0.15, 0.2) is 12.3 Å². The fourth-order valence-corrected chi connectivity index (χ4v) is 1.70. The molecule has 0 aliphatic rings. The normalized spacial score (nSPS) is 11.1. The molecule has 0 saturated heterocycles. The van der Waals surface area contributed by atoms with E-state index in [9.17, 15) is 0 Å². The molecule has 0 aliphatic heterocycles. The first-order valence-electron chi connectivity index (χ1n) is 5.23. The van der Waals surface area contributed by atoms with Gasteiger partial charge in [0.05, 0.1) is 5.69 Å². The van der Waals surface area contributed by atoms with Crippen LogP contribution in [0, 0.1) is 13.8 Å². The van der Waals surface area contributed by atoms with Crippen molar-refractivity contribution in [2.45, 2.75) is 26.7 Å². The van der Waals surface area contributed by atoms with E-state index < -0.39 is 0 Å². The number of hydrogen-bond donors (Lipinski definition) is 1. The molecule has 0 radical (unpaired) electrons. The highest BCUT2D eigenvalue weighted by molar-refractivity contribution is 5.41. The molecule has 15 heavy (non-hydrogen) atoms. The molecule has 0 fully saturated rings. The van der Waals surface area contributed by atoms with Gasteiger partial charge in [0.2, 0.25) is 0 Å². The molecule has 0 amide bonds. The molecular weight excluding hydrogens is 188 g/mol. The maximum absolute atomic E-state index is 5.50. The van der Waals surface area contributed by atoms with E-state index in [1.165, 1.54) is 5.56 Å². The van der Waals surface area contributed by atoms with Crippen LogP contribution in [0.1, 0.15) is 23.4 Å². The van der Waals surface area contributed by atoms with Gasteiger partial charge in [0.15, 0.2) is 5.65 Å². The Morgan fingerprint density at radius 1 is 1.40 bits per heavy atom. The summed E-state index contributed by atoms with van der Waals surface area (Å²) in [4.78, 5) is 4.51. The summed E-state index contributed by atoms with van der Waals surface area (Å²) in [6.07, 6.45) is 4.03. The van der Waals surface area contributed by atoms with Gasteiger partial charge in [-0.2, -0.15) is 5.10 Å². The van der Waals surface area contributed by atoms with Crippen LogP contribution in [0.2, 0.25) is 0 Å². The minimum Gasteiger partial charge on any atom is -0.330 e. The van der Waals surface area contributed by atoms with E-state index in [1.807, 2.05) is 24.4 Å². The van der Waals surface area contributed by atoms with E-state index in [1.54, 1.807) is 0 Å². The number of nitrogens with two attached hydrogens (primary N) is 1. The van der Waals surface area contributed by atoms with Gasteiger partial charge >= 0.3 is 0 Å². The molecule has 2 heterocycles. The lowest BCUT2D eigenvalue weighted by Crippen LogP contribution is -2.04. The molecule has 2 aromatic rings. The highest BCUT2D eigenvalue weighted by atomic mass is 15.2. The standard InChI is InChI=1S/C11H16N4/c1-8-6-11-13-9(2)10(4-3-5-12)7-15(11)14-8/h6-7H,3-5,12H2,1-2H3. The Balaban J connectivity index is 2.42. The average molecular weight is 204 g/mol. The number of rotatable bonds is 3. The van der Waals surface area contributed by atoms with Gasteiger partial charge in [-0.25, -0.2) is 9.50 Å². The second-order valence-electron chi connectivity index (χ2n) is 3.83.